The summed E-state index contributed by atoms with van der Waals surface area (Å²) >= 11 is 1.88. The van der Waals surface area contributed by atoms with E-state index in [1.165, 1.54) is 64.7 Å². The summed E-state index contributed by atoms with van der Waals surface area (Å²) in [5, 5.41) is 6.14. The summed E-state index contributed by atoms with van der Waals surface area (Å²) in [7, 11) is 0. The van der Waals surface area contributed by atoms with Gasteiger partial charge in [0, 0.05) is 59.5 Å². The second-order valence-electron chi connectivity index (χ2n) is 15.8. The number of hydrogen-bond donors (Lipinski definition) is 0. The Kier molecular flexibility index (Phi) is 7.80. The highest BCUT2D eigenvalue weighted by Crippen LogP contribution is 2.46. The number of fused-ring (bicyclic) bond motifs is 10. The number of aromatic nitrogens is 1. The molecule has 12 rings (SSSR count). The molecular formula is C54H40N2OS. The van der Waals surface area contributed by atoms with Gasteiger partial charge in [0.15, 0.2) is 5.58 Å². The summed E-state index contributed by atoms with van der Waals surface area (Å²) in [6, 6.07) is 46.9. The van der Waals surface area contributed by atoms with Crippen molar-refractivity contribution >= 4 is 81.8 Å². The van der Waals surface area contributed by atoms with Gasteiger partial charge in [0.25, 0.3) is 0 Å². The number of benzene rings is 6. The molecule has 0 saturated carbocycles. The van der Waals surface area contributed by atoms with E-state index >= 15 is 0 Å². The van der Waals surface area contributed by atoms with Crippen LogP contribution in [0.1, 0.15) is 30.5 Å². The molecule has 0 saturated heterocycles. The van der Waals surface area contributed by atoms with Crippen LogP contribution < -0.4 is 4.90 Å². The van der Waals surface area contributed by atoms with Gasteiger partial charge in [0.05, 0.1) is 22.6 Å². The molecule has 2 unspecified atom stereocenters. The standard InChI is InChI=1S/C54H40N2OS/c1-3-13-35(14-4-1)36-25-29-39(30-26-36)55(40-31-27-37(28-32-40)41-19-11-21-45-42-17-8-10-24-50(42)58-54(41)45)49-23-12-20-43-44-33-34-48-51(53(44)57-52(43)49)46-18-7-9-22-47(46)56(48)38-15-5-2-6-16-38/h1-8,10-13,15-21,23-29,31-35,39H,9,14,22,30H2. The summed E-state index contributed by atoms with van der Waals surface area (Å²) in [6.45, 7) is 0. The van der Waals surface area contributed by atoms with Gasteiger partial charge in [-0.2, -0.15) is 0 Å². The zero-order valence-corrected chi connectivity index (χ0v) is 32.8. The smallest absolute Gasteiger partial charge is 0.159 e. The lowest BCUT2D eigenvalue weighted by molar-refractivity contribution is 0.666. The fraction of sp³-hybridized carbons (Fsp3) is 0.111. The Morgan fingerprint density at radius 2 is 1.48 bits per heavy atom. The number of rotatable bonds is 6. The average molecular weight is 765 g/mol. The van der Waals surface area contributed by atoms with Gasteiger partial charge in [-0.3, -0.25) is 0 Å². The van der Waals surface area contributed by atoms with Crippen LogP contribution in [0.2, 0.25) is 0 Å². The number of thiophene rings is 1. The van der Waals surface area contributed by atoms with Crippen LogP contribution in [0.3, 0.4) is 0 Å². The van der Waals surface area contributed by atoms with E-state index in [4.69, 9.17) is 4.42 Å². The van der Waals surface area contributed by atoms with Gasteiger partial charge in [-0.25, -0.2) is 0 Å². The first kappa shape index (κ1) is 33.5. The van der Waals surface area contributed by atoms with Gasteiger partial charge in [-0.1, -0.05) is 134 Å². The van der Waals surface area contributed by atoms with E-state index in [1.54, 1.807) is 0 Å². The number of furan rings is 1. The number of anilines is 2. The zero-order chi connectivity index (χ0) is 38.2. The Morgan fingerprint density at radius 3 is 2.34 bits per heavy atom. The molecule has 278 valence electrons. The van der Waals surface area contributed by atoms with Gasteiger partial charge in [0.2, 0.25) is 0 Å². The quantitative estimate of drug-likeness (QED) is 0.168. The molecule has 0 radical (unpaired) electrons. The number of allylic oxidation sites excluding steroid dienone is 7. The summed E-state index contributed by atoms with van der Waals surface area (Å²) < 4.78 is 12.4. The van der Waals surface area contributed by atoms with Crippen LogP contribution in [-0.2, 0) is 6.42 Å². The molecule has 2 atom stereocenters. The first-order valence-electron chi connectivity index (χ1n) is 20.5. The first-order valence-corrected chi connectivity index (χ1v) is 21.4. The van der Waals surface area contributed by atoms with Crippen molar-refractivity contribution < 1.29 is 4.42 Å². The van der Waals surface area contributed by atoms with Crippen LogP contribution in [0.25, 0.3) is 75.9 Å². The summed E-state index contributed by atoms with van der Waals surface area (Å²) in [6.07, 6.45) is 24.8. The van der Waals surface area contributed by atoms with E-state index in [-0.39, 0.29) is 6.04 Å². The Hall–Kier alpha value is -6.62. The van der Waals surface area contributed by atoms with E-state index in [0.717, 1.165) is 59.0 Å². The van der Waals surface area contributed by atoms with Crippen molar-refractivity contribution in [3.05, 3.63) is 193 Å². The highest BCUT2D eigenvalue weighted by atomic mass is 32.1. The Balaban J connectivity index is 1.02. The predicted octanol–water partition coefficient (Wildman–Crippen LogP) is 15.0. The van der Waals surface area contributed by atoms with Gasteiger partial charge in [-0.05, 0) is 90.9 Å². The van der Waals surface area contributed by atoms with Crippen molar-refractivity contribution in [3.8, 4) is 16.8 Å². The Labute approximate surface area is 341 Å². The molecule has 0 fully saturated rings. The van der Waals surface area contributed by atoms with Crippen LogP contribution in [0, 0.1) is 5.92 Å². The highest BCUT2D eigenvalue weighted by Gasteiger charge is 2.28. The normalized spacial score (nSPS) is 17.6. The third-order valence-corrected chi connectivity index (χ3v) is 13.7. The molecule has 3 nitrogen and oxygen atoms in total. The molecule has 58 heavy (non-hydrogen) atoms. The predicted molar refractivity (Wildman–Crippen MR) is 247 cm³/mol. The lowest BCUT2D eigenvalue weighted by Gasteiger charge is -2.34. The Morgan fingerprint density at radius 1 is 0.655 bits per heavy atom. The lowest BCUT2D eigenvalue weighted by atomic mass is 9.87. The minimum absolute atomic E-state index is 0.109. The molecule has 0 spiro atoms. The average Bonchev–Trinajstić information content (AvgIpc) is 3.98. The number of hydrogen-bond acceptors (Lipinski definition) is 3. The molecule has 0 aliphatic heterocycles. The van der Waals surface area contributed by atoms with E-state index in [2.05, 4.69) is 192 Å². The maximum absolute atomic E-state index is 7.25. The number of nitrogens with zero attached hydrogens (tertiary/aromatic N) is 2. The first-order chi connectivity index (χ1) is 28.8. The maximum atomic E-state index is 7.25. The molecule has 4 heteroatoms. The molecule has 0 amide bonds. The number of para-hydroxylation sites is 2. The van der Waals surface area contributed by atoms with E-state index in [1.807, 2.05) is 11.3 Å². The molecule has 9 aromatic rings. The lowest BCUT2D eigenvalue weighted by Crippen LogP contribution is -2.30. The van der Waals surface area contributed by atoms with Gasteiger partial charge >= 0.3 is 0 Å². The zero-order valence-electron chi connectivity index (χ0n) is 32.0. The fourth-order valence-electron chi connectivity index (χ4n) is 9.81. The second kappa shape index (κ2) is 13.5. The van der Waals surface area contributed by atoms with Crippen molar-refractivity contribution in [2.75, 3.05) is 4.90 Å². The van der Waals surface area contributed by atoms with Crippen molar-refractivity contribution in [3.63, 3.8) is 0 Å². The molecule has 0 bridgehead atoms. The van der Waals surface area contributed by atoms with Gasteiger partial charge in [0.1, 0.15) is 5.58 Å². The largest absolute Gasteiger partial charge is 0.453 e. The highest BCUT2D eigenvalue weighted by molar-refractivity contribution is 7.26. The Bertz CT molecular complexity index is 3240. The van der Waals surface area contributed by atoms with E-state index in [9.17, 15) is 0 Å². The van der Waals surface area contributed by atoms with E-state index < -0.39 is 0 Å². The minimum atomic E-state index is 0.109. The SMILES string of the molecule is C1=CCC(C2=CCC(N(c3ccc(-c4cccc5c4sc4ccccc45)cc3)c3cccc4c3oc3c4ccc4c3c3c(n4-c4ccccc4)CCC=C3)C=C2)C=C1. The molecule has 0 N–H and O–H groups in total. The minimum Gasteiger partial charge on any atom is -0.453 e. The van der Waals surface area contributed by atoms with Crippen molar-refractivity contribution in [2.24, 2.45) is 5.92 Å². The molecular weight excluding hydrogens is 725 g/mol. The van der Waals surface area contributed by atoms with Crippen LogP contribution >= 0.6 is 11.3 Å². The second-order valence-corrected chi connectivity index (χ2v) is 16.8. The fourth-order valence-corrected chi connectivity index (χ4v) is 11.0. The van der Waals surface area contributed by atoms with Gasteiger partial charge < -0.3 is 13.9 Å². The molecule has 3 heterocycles. The molecule has 6 aromatic carbocycles. The van der Waals surface area contributed by atoms with E-state index in [0.29, 0.717) is 5.92 Å². The molecule has 3 aliphatic carbocycles. The molecule has 3 aromatic heterocycles. The maximum Gasteiger partial charge on any atom is 0.159 e. The summed E-state index contributed by atoms with van der Waals surface area (Å²) in [5.74, 6) is 0.427. The van der Waals surface area contributed by atoms with Crippen molar-refractivity contribution in [1.29, 1.82) is 0 Å². The molecule has 3 aliphatic rings. The topological polar surface area (TPSA) is 21.3 Å². The summed E-state index contributed by atoms with van der Waals surface area (Å²) in [5.41, 5.74) is 13.0. The van der Waals surface area contributed by atoms with Crippen molar-refractivity contribution in [2.45, 2.75) is 31.7 Å². The van der Waals surface area contributed by atoms with Crippen LogP contribution in [-0.4, -0.2) is 10.6 Å². The van der Waals surface area contributed by atoms with Crippen LogP contribution in [0.5, 0.6) is 0 Å². The van der Waals surface area contributed by atoms with Crippen LogP contribution in [0.4, 0.5) is 11.4 Å². The van der Waals surface area contributed by atoms with Gasteiger partial charge in [-0.15, -0.1) is 11.3 Å². The third-order valence-electron chi connectivity index (χ3n) is 12.5. The third kappa shape index (κ3) is 5.25. The van der Waals surface area contributed by atoms with Crippen LogP contribution in [0.15, 0.2) is 186 Å². The summed E-state index contributed by atoms with van der Waals surface area (Å²) in [4.78, 5) is 2.51. The monoisotopic (exact) mass is 764 g/mol. The van der Waals surface area contributed by atoms with Crippen molar-refractivity contribution in [1.82, 2.24) is 4.57 Å².